The Morgan fingerprint density at radius 2 is 2.62 bits per heavy atom. The molecule has 0 aromatic carbocycles. The maximum atomic E-state index is 5.18. The van der Waals surface area contributed by atoms with Crippen LogP contribution in [0.15, 0.2) is 12.6 Å². The highest BCUT2D eigenvalue weighted by Gasteiger charge is 2.16. The van der Waals surface area contributed by atoms with Crippen molar-refractivity contribution in [3.8, 4) is 5.88 Å². The molecule has 0 amide bonds. The Morgan fingerprint density at radius 1 is 1.77 bits per heavy atom. The Morgan fingerprint density at radius 3 is 3.31 bits per heavy atom. The van der Waals surface area contributed by atoms with Crippen LogP contribution in [0.25, 0.3) is 6.08 Å². The highest BCUT2D eigenvalue weighted by molar-refractivity contribution is 5.65. The van der Waals surface area contributed by atoms with Crippen molar-refractivity contribution < 1.29 is 6.16 Å². The summed E-state index contributed by atoms with van der Waals surface area (Å²) in [4.78, 5) is 4.28. The van der Waals surface area contributed by atoms with E-state index >= 15 is 0 Å². The molecular weight excluding hydrogens is 164 g/mol. The molecule has 1 N–H and O–H groups in total. The van der Waals surface area contributed by atoms with Gasteiger partial charge in [-0.05, 0) is 24.1 Å². The SMILES string of the molecule is C=Cc1cc2c(c(OC)n1)NCC2.[HH]. The van der Waals surface area contributed by atoms with Crippen molar-refractivity contribution in [2.45, 2.75) is 6.42 Å². The van der Waals surface area contributed by atoms with Gasteiger partial charge in [-0.3, -0.25) is 0 Å². The van der Waals surface area contributed by atoms with Gasteiger partial charge in [-0.2, -0.15) is 0 Å². The predicted molar refractivity (Wildman–Crippen MR) is 55.2 cm³/mol. The summed E-state index contributed by atoms with van der Waals surface area (Å²) in [6.07, 6.45) is 2.77. The number of methoxy groups -OCH3 is 1. The Hall–Kier alpha value is -1.51. The second-order valence-corrected chi connectivity index (χ2v) is 2.97. The fourth-order valence-corrected chi connectivity index (χ4v) is 1.55. The van der Waals surface area contributed by atoms with Gasteiger partial charge in [-0.1, -0.05) is 6.58 Å². The number of fused-ring (bicyclic) bond motifs is 1. The minimum atomic E-state index is 0. The van der Waals surface area contributed by atoms with Crippen molar-refractivity contribution in [1.29, 1.82) is 0 Å². The average Bonchev–Trinajstić information content (AvgIpc) is 2.63. The van der Waals surface area contributed by atoms with E-state index < -0.39 is 0 Å². The number of hydrogen-bond acceptors (Lipinski definition) is 3. The van der Waals surface area contributed by atoms with Crippen LogP contribution in [0.4, 0.5) is 5.69 Å². The van der Waals surface area contributed by atoms with Crippen LogP contribution in [-0.2, 0) is 6.42 Å². The zero-order valence-corrected chi connectivity index (χ0v) is 7.63. The van der Waals surface area contributed by atoms with Crippen molar-refractivity contribution in [2.75, 3.05) is 19.0 Å². The summed E-state index contributed by atoms with van der Waals surface area (Å²) in [5.41, 5.74) is 3.18. The number of anilines is 1. The summed E-state index contributed by atoms with van der Waals surface area (Å²) in [5, 5.41) is 3.25. The number of aromatic nitrogens is 1. The predicted octanol–water partition coefficient (Wildman–Crippen LogP) is 1.95. The Balaban J connectivity index is 0.000000980. The zero-order valence-electron chi connectivity index (χ0n) is 7.63. The van der Waals surface area contributed by atoms with Gasteiger partial charge in [0.1, 0.15) is 5.69 Å². The first-order chi connectivity index (χ1) is 6.35. The quantitative estimate of drug-likeness (QED) is 0.751. The van der Waals surface area contributed by atoms with Gasteiger partial charge in [-0.25, -0.2) is 4.98 Å². The highest BCUT2D eigenvalue weighted by atomic mass is 16.5. The van der Waals surface area contributed by atoms with Gasteiger partial charge in [0.05, 0.1) is 12.8 Å². The maximum absolute atomic E-state index is 5.18. The first kappa shape index (κ1) is 8.10. The summed E-state index contributed by atoms with van der Waals surface area (Å²) in [6, 6.07) is 2.05. The molecule has 1 aliphatic heterocycles. The lowest BCUT2D eigenvalue weighted by atomic mass is 10.2. The van der Waals surface area contributed by atoms with Crippen LogP contribution in [0, 0.1) is 0 Å². The first-order valence-electron chi connectivity index (χ1n) is 4.29. The highest BCUT2D eigenvalue weighted by Crippen LogP contribution is 2.31. The van der Waals surface area contributed by atoms with Crippen LogP contribution in [0.1, 0.15) is 12.7 Å². The van der Waals surface area contributed by atoms with Gasteiger partial charge in [0, 0.05) is 7.97 Å². The second-order valence-electron chi connectivity index (χ2n) is 2.97. The molecule has 1 aromatic rings. The van der Waals surface area contributed by atoms with Crippen LogP contribution in [0.5, 0.6) is 5.88 Å². The van der Waals surface area contributed by atoms with Crippen LogP contribution < -0.4 is 10.1 Å². The third-order valence-corrected chi connectivity index (χ3v) is 2.19. The maximum Gasteiger partial charge on any atom is 0.237 e. The molecule has 0 aliphatic carbocycles. The number of pyridine rings is 1. The molecule has 0 fully saturated rings. The van der Waals surface area contributed by atoms with Crippen LogP contribution in [0.2, 0.25) is 0 Å². The van der Waals surface area contributed by atoms with E-state index in [2.05, 4.69) is 16.9 Å². The Kier molecular flexibility index (Phi) is 1.93. The van der Waals surface area contributed by atoms with Crippen molar-refractivity contribution >= 4 is 11.8 Å². The second kappa shape index (κ2) is 3.09. The topological polar surface area (TPSA) is 34.1 Å². The lowest BCUT2D eigenvalue weighted by Gasteiger charge is -2.07. The minimum Gasteiger partial charge on any atom is -0.480 e. The van der Waals surface area contributed by atoms with E-state index in [4.69, 9.17) is 4.74 Å². The molecule has 3 heteroatoms. The van der Waals surface area contributed by atoms with Crippen LogP contribution in [0.3, 0.4) is 0 Å². The molecule has 0 spiro atoms. The van der Waals surface area contributed by atoms with E-state index in [1.54, 1.807) is 13.2 Å². The third-order valence-electron chi connectivity index (χ3n) is 2.19. The van der Waals surface area contributed by atoms with Gasteiger partial charge in [-0.15, -0.1) is 0 Å². The zero-order chi connectivity index (χ0) is 9.26. The minimum absolute atomic E-state index is 0. The lowest BCUT2D eigenvalue weighted by molar-refractivity contribution is 0.399. The molecule has 2 heterocycles. The largest absolute Gasteiger partial charge is 0.480 e. The molecule has 0 unspecified atom stereocenters. The van der Waals surface area contributed by atoms with Gasteiger partial charge in [0.15, 0.2) is 0 Å². The standard InChI is InChI=1S/C10H12N2O.H2/c1-3-8-6-7-4-5-11-9(7)10(12-8)13-2;/h3,6,11H,1,4-5H2,2H3;1H. The lowest BCUT2D eigenvalue weighted by Crippen LogP contribution is -1.97. The van der Waals surface area contributed by atoms with E-state index in [0.29, 0.717) is 5.88 Å². The monoisotopic (exact) mass is 178 g/mol. The molecule has 70 valence electrons. The molecule has 2 rings (SSSR count). The van der Waals surface area contributed by atoms with Crippen molar-refractivity contribution in [2.24, 2.45) is 0 Å². The Labute approximate surface area is 78.9 Å². The number of nitrogens with one attached hydrogen (secondary N) is 1. The fourth-order valence-electron chi connectivity index (χ4n) is 1.55. The molecule has 0 saturated heterocycles. The van der Waals surface area contributed by atoms with E-state index in [0.717, 1.165) is 24.3 Å². The van der Waals surface area contributed by atoms with Gasteiger partial charge < -0.3 is 10.1 Å². The molecule has 0 bridgehead atoms. The molecule has 0 atom stereocenters. The molecule has 0 saturated carbocycles. The van der Waals surface area contributed by atoms with E-state index in [1.807, 2.05) is 6.07 Å². The summed E-state index contributed by atoms with van der Waals surface area (Å²) in [5.74, 6) is 0.671. The number of nitrogens with zero attached hydrogens (tertiary/aromatic N) is 1. The van der Waals surface area contributed by atoms with Crippen molar-refractivity contribution in [1.82, 2.24) is 4.98 Å². The smallest absolute Gasteiger partial charge is 0.237 e. The fraction of sp³-hybridized carbons (Fsp3) is 0.300. The normalized spacial score (nSPS) is 13.3. The number of hydrogen-bond donors (Lipinski definition) is 1. The first-order valence-corrected chi connectivity index (χ1v) is 4.29. The van der Waals surface area contributed by atoms with Crippen LogP contribution >= 0.6 is 0 Å². The molecule has 3 nitrogen and oxygen atoms in total. The molecule has 1 aliphatic rings. The number of ether oxygens (including phenoxy) is 1. The van der Waals surface area contributed by atoms with Gasteiger partial charge in [0.25, 0.3) is 0 Å². The molecule has 0 radical (unpaired) electrons. The molecule has 13 heavy (non-hydrogen) atoms. The van der Waals surface area contributed by atoms with Crippen molar-refractivity contribution in [3.05, 3.63) is 23.9 Å². The molecular formula is C10H14N2O. The van der Waals surface area contributed by atoms with Crippen LogP contribution in [-0.4, -0.2) is 18.6 Å². The third kappa shape index (κ3) is 1.26. The van der Waals surface area contributed by atoms with E-state index in [1.165, 1.54) is 5.56 Å². The van der Waals surface area contributed by atoms with Gasteiger partial charge in [0.2, 0.25) is 5.88 Å². The van der Waals surface area contributed by atoms with E-state index in [9.17, 15) is 0 Å². The molecule has 1 aromatic heterocycles. The number of rotatable bonds is 2. The summed E-state index contributed by atoms with van der Waals surface area (Å²) < 4.78 is 5.18. The van der Waals surface area contributed by atoms with Crippen molar-refractivity contribution in [3.63, 3.8) is 0 Å². The summed E-state index contributed by atoms with van der Waals surface area (Å²) in [6.45, 7) is 4.66. The summed E-state index contributed by atoms with van der Waals surface area (Å²) in [7, 11) is 1.63. The Bertz CT molecular complexity index is 352. The van der Waals surface area contributed by atoms with E-state index in [-0.39, 0.29) is 1.43 Å². The van der Waals surface area contributed by atoms with Gasteiger partial charge >= 0.3 is 0 Å². The average molecular weight is 178 g/mol. The summed E-state index contributed by atoms with van der Waals surface area (Å²) >= 11 is 0.